The maximum absolute atomic E-state index is 12.7. The molecule has 0 aliphatic carbocycles. The molecule has 1 unspecified atom stereocenters. The van der Waals surface area contributed by atoms with Gasteiger partial charge in [-0.25, -0.2) is 9.59 Å². The van der Waals surface area contributed by atoms with Gasteiger partial charge in [-0.15, -0.1) is 12.6 Å². The number of carbonyl (C=O) groups is 3. The summed E-state index contributed by atoms with van der Waals surface area (Å²) >= 11 is 4.04. The molecule has 0 aromatic heterocycles. The minimum absolute atomic E-state index is 0.0151. The lowest BCUT2D eigenvalue weighted by Gasteiger charge is -2.21. The zero-order valence-electron chi connectivity index (χ0n) is 17.2. The van der Waals surface area contributed by atoms with E-state index in [0.717, 1.165) is 5.56 Å². The van der Waals surface area contributed by atoms with Crippen LogP contribution in [-0.2, 0) is 27.4 Å². The van der Waals surface area contributed by atoms with Crippen molar-refractivity contribution in [3.05, 3.63) is 75.9 Å². The zero-order chi connectivity index (χ0) is 23.5. The topological polar surface area (TPSA) is 148 Å². The van der Waals surface area contributed by atoms with E-state index in [1.807, 2.05) is 6.07 Å². The summed E-state index contributed by atoms with van der Waals surface area (Å²) in [5, 5.41) is 14.4. The maximum Gasteiger partial charge on any atom is 0.408 e. The van der Waals surface area contributed by atoms with Gasteiger partial charge in [0.2, 0.25) is 5.91 Å². The number of nitrogens with one attached hydrogen (secondary N) is 2. The number of carboxylic acid groups (broad SMARTS) is 1. The van der Waals surface area contributed by atoms with E-state index in [1.54, 1.807) is 30.3 Å². The van der Waals surface area contributed by atoms with E-state index >= 15 is 0 Å². The number of hydrogen-bond acceptors (Lipinski definition) is 7. The normalized spacial score (nSPS) is 12.3. The van der Waals surface area contributed by atoms with Crippen LogP contribution in [0, 0.1) is 0 Å². The Hall–Kier alpha value is -3.37. The van der Waals surface area contributed by atoms with Crippen LogP contribution < -0.4 is 21.8 Å². The fourth-order valence-electron chi connectivity index (χ4n) is 2.78. The molecule has 0 spiro atoms. The molecule has 9 nitrogen and oxygen atoms in total. The van der Waals surface area contributed by atoms with Gasteiger partial charge in [-0.2, -0.15) is 0 Å². The van der Waals surface area contributed by atoms with Crippen LogP contribution in [-0.4, -0.2) is 41.7 Å². The minimum Gasteiger partial charge on any atom is -0.480 e. The first-order valence-electron chi connectivity index (χ1n) is 9.83. The molecule has 0 saturated carbocycles. The van der Waals surface area contributed by atoms with Gasteiger partial charge in [-0.05, 0) is 36.2 Å². The molecule has 32 heavy (non-hydrogen) atoms. The van der Waals surface area contributed by atoms with Crippen molar-refractivity contribution in [1.82, 2.24) is 10.6 Å². The van der Waals surface area contributed by atoms with Gasteiger partial charge >= 0.3 is 12.1 Å². The van der Waals surface area contributed by atoms with Gasteiger partial charge < -0.3 is 26.2 Å². The summed E-state index contributed by atoms with van der Waals surface area (Å²) in [5.74, 6) is -1.98. The Morgan fingerprint density at radius 3 is 2.31 bits per heavy atom. The molecule has 5 N–H and O–H groups in total. The third-order valence-corrected chi connectivity index (χ3v) is 4.86. The average molecular weight is 460 g/mol. The summed E-state index contributed by atoms with van der Waals surface area (Å²) in [4.78, 5) is 48.3. The van der Waals surface area contributed by atoms with Crippen molar-refractivity contribution in [2.75, 3.05) is 6.54 Å². The van der Waals surface area contributed by atoms with E-state index in [9.17, 15) is 24.3 Å². The lowest BCUT2D eigenvalue weighted by Crippen LogP contribution is -2.52. The van der Waals surface area contributed by atoms with E-state index < -0.39 is 30.1 Å². The summed E-state index contributed by atoms with van der Waals surface area (Å²) in [6, 6.07) is 12.4. The molecule has 2 rings (SSSR count). The molecule has 0 aliphatic rings. The first-order valence-corrected chi connectivity index (χ1v) is 10.3. The van der Waals surface area contributed by atoms with Crippen molar-refractivity contribution in [3.63, 3.8) is 0 Å². The second-order valence-corrected chi connectivity index (χ2v) is 7.41. The number of benzene rings is 1. The smallest absolute Gasteiger partial charge is 0.408 e. The van der Waals surface area contributed by atoms with E-state index in [-0.39, 0.29) is 36.3 Å². The molecule has 2 aromatic carbocycles. The lowest BCUT2D eigenvalue weighted by atomic mass is 10.1. The Morgan fingerprint density at radius 1 is 0.969 bits per heavy atom. The zero-order valence-corrected chi connectivity index (χ0v) is 18.1. The molecule has 0 saturated heterocycles. The van der Waals surface area contributed by atoms with Crippen molar-refractivity contribution in [1.29, 1.82) is 0 Å². The minimum atomic E-state index is -1.29. The van der Waals surface area contributed by atoms with Crippen LogP contribution in [0.3, 0.4) is 0 Å². The summed E-state index contributed by atoms with van der Waals surface area (Å²) in [5.41, 5.74) is 6.52. The van der Waals surface area contributed by atoms with Crippen molar-refractivity contribution in [3.8, 4) is 0 Å². The van der Waals surface area contributed by atoms with Gasteiger partial charge in [0.25, 0.3) is 0 Å². The largest absolute Gasteiger partial charge is 0.480 e. The highest BCUT2D eigenvalue weighted by Gasteiger charge is 2.26. The predicted octanol–water partition coefficient (Wildman–Crippen LogP) is 1.09. The first kappa shape index (κ1) is 24.9. The van der Waals surface area contributed by atoms with Crippen molar-refractivity contribution < 1.29 is 24.2 Å². The third-order valence-electron chi connectivity index (χ3n) is 4.49. The number of thiol groups is 1. The highest BCUT2D eigenvalue weighted by molar-refractivity contribution is 7.80. The number of hydrogen-bond donors (Lipinski definition) is 5. The molecule has 0 bridgehead atoms. The second kappa shape index (κ2) is 12.5. The fourth-order valence-corrected chi connectivity index (χ4v) is 2.93. The highest BCUT2D eigenvalue weighted by Crippen LogP contribution is 2.06. The van der Waals surface area contributed by atoms with Crippen LogP contribution in [0.5, 0.6) is 0 Å². The van der Waals surface area contributed by atoms with Crippen molar-refractivity contribution in [2.24, 2.45) is 5.73 Å². The molecule has 0 aliphatic heterocycles. The Kier molecular flexibility index (Phi) is 9.71. The Balaban J connectivity index is 2.01. The molecule has 2 atom stereocenters. The van der Waals surface area contributed by atoms with Crippen LogP contribution in [0.25, 0.3) is 0 Å². The molecule has 170 valence electrons. The van der Waals surface area contributed by atoms with E-state index in [4.69, 9.17) is 10.5 Å². The Bertz CT molecular complexity index is 1000. The molecule has 2 amide bonds. The van der Waals surface area contributed by atoms with E-state index in [2.05, 4.69) is 23.3 Å². The molecule has 10 heteroatoms. The average Bonchev–Trinajstić information content (AvgIpc) is 2.93. The molecule has 0 heterocycles. The summed E-state index contributed by atoms with van der Waals surface area (Å²) in [6.07, 6.45) is -0.814. The summed E-state index contributed by atoms with van der Waals surface area (Å²) in [6.45, 7) is 0.0988. The van der Waals surface area contributed by atoms with E-state index in [0.29, 0.717) is 5.56 Å². The maximum atomic E-state index is 12.7. The predicted molar refractivity (Wildman–Crippen MR) is 120 cm³/mol. The number of alkyl carbamates (subject to hydrolysis) is 1. The lowest BCUT2D eigenvalue weighted by molar-refractivity contribution is -0.142. The number of aliphatic carboxylic acids is 1. The van der Waals surface area contributed by atoms with Gasteiger partial charge in [0, 0.05) is 6.42 Å². The number of amides is 2. The van der Waals surface area contributed by atoms with Gasteiger partial charge in [-0.1, -0.05) is 42.5 Å². The second-order valence-electron chi connectivity index (χ2n) is 6.93. The Labute approximate surface area is 190 Å². The standard InChI is InChI=1S/C22H25N3O6S/c23-11-10-16(25-22(30)31-13-15-4-2-1-3-5-15)20(27)24-17(21(28)29)12-14-6-8-18(26)19(32)9-7-14/h1-9,16-17H,10-13,23H2,(H,24,27)(H,25,30)(H,26,32)(H,28,29)/t16?,17-/m0/s1. The quantitative estimate of drug-likeness (QED) is 0.334. The van der Waals surface area contributed by atoms with Crippen LogP contribution in [0.15, 0.2) is 64.3 Å². The van der Waals surface area contributed by atoms with Crippen LogP contribution in [0.4, 0.5) is 4.79 Å². The molecular weight excluding hydrogens is 434 g/mol. The first-order chi connectivity index (χ1) is 15.3. The molecule has 0 radical (unpaired) electrons. The summed E-state index contributed by atoms with van der Waals surface area (Å²) in [7, 11) is 0. The number of ether oxygens (including phenoxy) is 1. The molecular formula is C22H25N3O6S. The van der Waals surface area contributed by atoms with Crippen molar-refractivity contribution >= 4 is 30.6 Å². The SMILES string of the molecule is NCCC(NC(=O)OCc1ccccc1)C(=O)N[C@@H](Cc1ccc(S)c(=O)cc1)C(=O)O. The Morgan fingerprint density at radius 2 is 1.66 bits per heavy atom. The van der Waals surface area contributed by atoms with Crippen LogP contribution >= 0.6 is 12.6 Å². The van der Waals surface area contributed by atoms with Gasteiger partial charge in [-0.3, -0.25) is 9.59 Å². The van der Waals surface area contributed by atoms with Gasteiger partial charge in [0.1, 0.15) is 18.7 Å². The fraction of sp³-hybridized carbons (Fsp3) is 0.273. The number of carbonyl (C=O) groups excluding carboxylic acids is 2. The monoisotopic (exact) mass is 459 g/mol. The number of rotatable bonds is 10. The van der Waals surface area contributed by atoms with E-state index in [1.165, 1.54) is 18.2 Å². The van der Waals surface area contributed by atoms with Crippen LogP contribution in [0.1, 0.15) is 17.5 Å². The van der Waals surface area contributed by atoms with Crippen LogP contribution in [0.2, 0.25) is 0 Å². The number of carboxylic acids is 1. The number of nitrogens with two attached hydrogens (primary N) is 1. The summed E-state index contributed by atoms with van der Waals surface area (Å²) < 4.78 is 5.11. The van der Waals surface area contributed by atoms with Gasteiger partial charge in [0.15, 0.2) is 5.43 Å². The molecule has 0 fully saturated rings. The van der Waals surface area contributed by atoms with Crippen molar-refractivity contribution in [2.45, 2.75) is 36.4 Å². The molecule has 2 aromatic rings. The highest BCUT2D eigenvalue weighted by atomic mass is 32.1. The van der Waals surface area contributed by atoms with Gasteiger partial charge in [0.05, 0.1) is 4.90 Å². The third kappa shape index (κ3) is 8.05.